The second-order valence-electron chi connectivity index (χ2n) is 8.82. The largest absolute Gasteiger partial charge is 0.473 e. The minimum Gasteiger partial charge on any atom is -0.473 e. The topological polar surface area (TPSA) is 101 Å². The third kappa shape index (κ3) is 7.21. The number of aryl methyl sites for hydroxylation is 2. The first-order valence-electron chi connectivity index (χ1n) is 12.0. The summed E-state index contributed by atoms with van der Waals surface area (Å²) in [4.78, 5) is 37.1. The van der Waals surface area contributed by atoms with Crippen molar-refractivity contribution in [2.45, 2.75) is 26.2 Å². The molecule has 2 aliphatic heterocycles. The minimum atomic E-state index is -1.82. The van der Waals surface area contributed by atoms with Crippen LogP contribution in [0.5, 0.6) is 0 Å². The smallest absolute Gasteiger partial charge is 0.414 e. The van der Waals surface area contributed by atoms with Crippen molar-refractivity contribution in [1.29, 1.82) is 0 Å². The third-order valence-corrected chi connectivity index (χ3v) is 6.19. The summed E-state index contributed by atoms with van der Waals surface area (Å²) >= 11 is 0. The van der Waals surface area contributed by atoms with Gasteiger partial charge in [-0.1, -0.05) is 36.4 Å². The predicted molar refractivity (Wildman–Crippen MR) is 140 cm³/mol. The number of allylic oxidation sites excluding steroid dienone is 1. The molecule has 0 aromatic heterocycles. The van der Waals surface area contributed by atoms with E-state index in [9.17, 15) is 4.79 Å². The van der Waals surface area contributed by atoms with Crippen molar-refractivity contribution >= 4 is 29.2 Å². The van der Waals surface area contributed by atoms with Crippen molar-refractivity contribution in [3.8, 4) is 0 Å². The van der Waals surface area contributed by atoms with Crippen LogP contribution in [0, 0.1) is 6.92 Å². The molecule has 8 heteroatoms. The Balaban J connectivity index is 0.000000538. The molecule has 2 aliphatic rings. The van der Waals surface area contributed by atoms with Crippen LogP contribution < -0.4 is 9.80 Å². The summed E-state index contributed by atoms with van der Waals surface area (Å²) in [6.07, 6.45) is 8.65. The Morgan fingerprint density at radius 2 is 1.72 bits per heavy atom. The van der Waals surface area contributed by atoms with Crippen LogP contribution in [-0.2, 0) is 27.2 Å². The normalized spacial score (nSPS) is 15.2. The van der Waals surface area contributed by atoms with Crippen molar-refractivity contribution in [1.82, 2.24) is 4.90 Å². The molecule has 1 amide bonds. The number of amides is 1. The number of carbonyl (C=O) groups excluding carboxylic acids is 1. The van der Waals surface area contributed by atoms with Gasteiger partial charge in [-0.05, 0) is 60.9 Å². The van der Waals surface area contributed by atoms with E-state index in [1.54, 1.807) is 6.08 Å². The zero-order valence-electron chi connectivity index (χ0n) is 20.6. The zero-order valence-corrected chi connectivity index (χ0v) is 20.6. The Hall–Kier alpha value is -4.07. The van der Waals surface area contributed by atoms with Gasteiger partial charge in [0.05, 0.1) is 0 Å². The molecule has 2 aromatic rings. The number of rotatable bonds is 6. The SMILES string of the molecule is C=CCN1C(=O)CCc2cc(CC=CN3CCN(c4cccc(C)c4)CC3)ccc21.O=C(O)C(=O)O. The maximum absolute atomic E-state index is 12.2. The van der Waals surface area contributed by atoms with Crippen molar-refractivity contribution in [2.75, 3.05) is 42.5 Å². The molecule has 0 bridgehead atoms. The Labute approximate surface area is 211 Å². The van der Waals surface area contributed by atoms with Crippen LogP contribution in [0.1, 0.15) is 23.1 Å². The second-order valence-corrected chi connectivity index (χ2v) is 8.82. The van der Waals surface area contributed by atoms with Gasteiger partial charge in [0.25, 0.3) is 0 Å². The molecular weight excluding hydrogens is 458 g/mol. The number of benzene rings is 2. The lowest BCUT2D eigenvalue weighted by atomic mass is 9.97. The summed E-state index contributed by atoms with van der Waals surface area (Å²) < 4.78 is 0. The average molecular weight is 492 g/mol. The van der Waals surface area contributed by atoms with Crippen LogP contribution in [0.2, 0.25) is 0 Å². The fourth-order valence-corrected chi connectivity index (χ4v) is 4.36. The van der Waals surface area contributed by atoms with E-state index in [0.29, 0.717) is 13.0 Å². The highest BCUT2D eigenvalue weighted by Gasteiger charge is 2.23. The molecule has 0 saturated carbocycles. The standard InChI is InChI=1S/C26H31N3O.C2H2O4/c1-3-13-29-25-11-9-22(20-23(25)10-12-26(29)30)7-5-14-27-15-17-28(18-16-27)24-8-4-6-21(2)19-24;3-1(4)2(5)6/h3-6,8-9,11,14,19-20H,1,7,10,12-13,15-18H2,2H3;(H,3,4)(H,5,6). The first-order valence-corrected chi connectivity index (χ1v) is 12.0. The van der Waals surface area contributed by atoms with Crippen LogP contribution in [0.4, 0.5) is 11.4 Å². The number of carboxylic acid groups (broad SMARTS) is 2. The third-order valence-electron chi connectivity index (χ3n) is 6.19. The van der Waals surface area contributed by atoms with Gasteiger partial charge >= 0.3 is 11.9 Å². The first kappa shape index (κ1) is 26.5. The Bertz CT molecular complexity index is 1120. The predicted octanol–water partition coefficient (Wildman–Crippen LogP) is 3.49. The number of anilines is 2. The molecular formula is C28H33N3O5. The summed E-state index contributed by atoms with van der Waals surface area (Å²) in [6.45, 7) is 10.7. The van der Waals surface area contributed by atoms with Crippen LogP contribution in [0.15, 0.2) is 67.4 Å². The van der Waals surface area contributed by atoms with Gasteiger partial charge < -0.3 is 24.9 Å². The van der Waals surface area contributed by atoms with E-state index in [1.807, 2.05) is 4.90 Å². The van der Waals surface area contributed by atoms with Crippen molar-refractivity contribution in [2.24, 2.45) is 0 Å². The highest BCUT2D eigenvalue weighted by molar-refractivity contribution is 6.27. The van der Waals surface area contributed by atoms with Crippen LogP contribution in [0.3, 0.4) is 0 Å². The van der Waals surface area contributed by atoms with Crippen LogP contribution >= 0.6 is 0 Å². The van der Waals surface area contributed by atoms with Gasteiger partial charge in [-0.2, -0.15) is 0 Å². The van der Waals surface area contributed by atoms with Gasteiger partial charge in [0.1, 0.15) is 0 Å². The van der Waals surface area contributed by atoms with E-state index in [1.165, 1.54) is 22.4 Å². The van der Waals surface area contributed by atoms with Gasteiger partial charge in [-0.15, -0.1) is 6.58 Å². The average Bonchev–Trinajstić information content (AvgIpc) is 2.86. The maximum atomic E-state index is 12.2. The van der Waals surface area contributed by atoms with E-state index >= 15 is 0 Å². The number of fused-ring (bicyclic) bond motifs is 1. The minimum absolute atomic E-state index is 0.194. The fourth-order valence-electron chi connectivity index (χ4n) is 4.36. The number of piperazine rings is 1. The highest BCUT2D eigenvalue weighted by Crippen LogP contribution is 2.29. The number of nitrogens with zero attached hydrogens (tertiary/aromatic N) is 3. The summed E-state index contributed by atoms with van der Waals surface area (Å²) in [5, 5.41) is 14.8. The van der Waals surface area contributed by atoms with Crippen molar-refractivity contribution < 1.29 is 24.6 Å². The summed E-state index contributed by atoms with van der Waals surface area (Å²) in [6, 6.07) is 15.3. The van der Waals surface area contributed by atoms with Crippen LogP contribution in [-0.4, -0.2) is 65.7 Å². The Kier molecular flexibility index (Phi) is 9.27. The number of hydrogen-bond acceptors (Lipinski definition) is 5. The number of carboxylic acids is 2. The van der Waals surface area contributed by atoms with E-state index in [4.69, 9.17) is 19.8 Å². The molecule has 8 nitrogen and oxygen atoms in total. The van der Waals surface area contributed by atoms with Gasteiger partial charge in [0, 0.05) is 50.5 Å². The molecule has 2 aromatic carbocycles. The van der Waals surface area contributed by atoms with E-state index in [0.717, 1.165) is 44.7 Å². The Morgan fingerprint density at radius 1 is 1.00 bits per heavy atom. The molecule has 0 atom stereocenters. The number of aliphatic carboxylic acids is 2. The van der Waals surface area contributed by atoms with Gasteiger partial charge in [-0.25, -0.2) is 9.59 Å². The molecule has 4 rings (SSSR count). The lowest BCUT2D eigenvalue weighted by Crippen LogP contribution is -2.44. The van der Waals surface area contributed by atoms with Crippen LogP contribution in [0.25, 0.3) is 0 Å². The molecule has 2 heterocycles. The summed E-state index contributed by atoms with van der Waals surface area (Å²) in [5.74, 6) is -3.45. The molecule has 0 spiro atoms. The molecule has 0 unspecified atom stereocenters. The molecule has 0 aliphatic carbocycles. The lowest BCUT2D eigenvalue weighted by Gasteiger charge is -2.35. The zero-order chi connectivity index (χ0) is 26.1. The second kappa shape index (κ2) is 12.6. The van der Waals surface area contributed by atoms with E-state index < -0.39 is 11.9 Å². The van der Waals surface area contributed by atoms with Gasteiger partial charge in [-0.3, -0.25) is 4.79 Å². The van der Waals surface area contributed by atoms with Crippen molar-refractivity contribution in [3.05, 3.63) is 84.1 Å². The molecule has 1 fully saturated rings. The van der Waals surface area contributed by atoms with Gasteiger partial charge in [0.2, 0.25) is 5.91 Å². The quantitative estimate of drug-likeness (QED) is 0.471. The molecule has 1 saturated heterocycles. The monoisotopic (exact) mass is 491 g/mol. The van der Waals surface area contributed by atoms with Crippen molar-refractivity contribution in [3.63, 3.8) is 0 Å². The fraction of sp³-hybridized carbons (Fsp3) is 0.321. The van der Waals surface area contributed by atoms with Gasteiger partial charge in [0.15, 0.2) is 0 Å². The van der Waals surface area contributed by atoms with E-state index in [2.05, 4.69) is 78.0 Å². The molecule has 190 valence electrons. The molecule has 36 heavy (non-hydrogen) atoms. The molecule has 0 radical (unpaired) electrons. The Morgan fingerprint density at radius 3 is 2.36 bits per heavy atom. The summed E-state index contributed by atoms with van der Waals surface area (Å²) in [5.41, 5.74) is 6.27. The summed E-state index contributed by atoms with van der Waals surface area (Å²) in [7, 11) is 0. The lowest BCUT2D eigenvalue weighted by molar-refractivity contribution is -0.159. The highest BCUT2D eigenvalue weighted by atomic mass is 16.4. The molecule has 2 N–H and O–H groups in total. The van der Waals surface area contributed by atoms with E-state index in [-0.39, 0.29) is 5.91 Å². The number of carbonyl (C=O) groups is 3. The number of hydrogen-bond donors (Lipinski definition) is 2. The maximum Gasteiger partial charge on any atom is 0.414 e. The first-order chi connectivity index (χ1) is 17.3.